The summed E-state index contributed by atoms with van der Waals surface area (Å²) < 4.78 is 13.3. The fourth-order valence-electron chi connectivity index (χ4n) is 1.97. The van der Waals surface area contributed by atoms with Crippen LogP contribution in [0.1, 0.15) is 15.9 Å². The summed E-state index contributed by atoms with van der Waals surface area (Å²) >= 11 is 0. The summed E-state index contributed by atoms with van der Waals surface area (Å²) in [5, 5.41) is 8.89. The number of carbonyl (C=O) groups excluding carboxylic acids is 1. The molecule has 0 unspecified atom stereocenters. The highest BCUT2D eigenvalue weighted by molar-refractivity contribution is 5.99. The average molecular weight is 283 g/mol. The molecule has 106 valence electrons. The number of benzene rings is 2. The maximum Gasteiger partial charge on any atom is 0.257 e. The van der Waals surface area contributed by atoms with Gasteiger partial charge in [0.25, 0.3) is 5.91 Å². The highest BCUT2D eigenvalue weighted by Crippen LogP contribution is 2.17. The summed E-state index contributed by atoms with van der Waals surface area (Å²) in [7, 11) is 0. The van der Waals surface area contributed by atoms with Gasteiger partial charge in [0.05, 0.1) is 11.6 Å². The largest absolute Gasteiger partial charge is 0.398 e. The lowest BCUT2D eigenvalue weighted by molar-refractivity contribution is 0.0765. The summed E-state index contributed by atoms with van der Waals surface area (Å²) in [5.41, 5.74) is 6.87. The van der Waals surface area contributed by atoms with Crippen LogP contribution < -0.4 is 5.73 Å². The molecule has 2 aromatic carbocycles. The Morgan fingerprint density at radius 2 is 1.95 bits per heavy atom. The van der Waals surface area contributed by atoms with Gasteiger partial charge in [0.2, 0.25) is 0 Å². The number of nitriles is 1. The molecule has 0 spiro atoms. The van der Waals surface area contributed by atoms with E-state index in [0.29, 0.717) is 0 Å². The predicted molar refractivity (Wildman–Crippen MR) is 77.6 cm³/mol. The minimum atomic E-state index is -0.538. The number of amides is 1. The van der Waals surface area contributed by atoms with Gasteiger partial charge in [-0.05, 0) is 23.8 Å². The van der Waals surface area contributed by atoms with E-state index in [1.165, 1.54) is 17.0 Å². The second-order valence-electron chi connectivity index (χ2n) is 4.54. The van der Waals surface area contributed by atoms with Gasteiger partial charge in [0.1, 0.15) is 12.4 Å². The molecule has 0 atom stereocenters. The summed E-state index contributed by atoms with van der Waals surface area (Å²) in [6.45, 7) is 0.173. The molecule has 0 fully saturated rings. The molecule has 21 heavy (non-hydrogen) atoms. The first-order valence-corrected chi connectivity index (χ1v) is 6.37. The Hall–Kier alpha value is -2.87. The van der Waals surface area contributed by atoms with Crippen molar-refractivity contribution >= 4 is 11.6 Å². The molecule has 2 aromatic rings. The third kappa shape index (κ3) is 3.57. The van der Waals surface area contributed by atoms with Gasteiger partial charge >= 0.3 is 0 Å². The number of carbonyl (C=O) groups is 1. The number of hydrogen-bond donors (Lipinski definition) is 1. The molecule has 0 aromatic heterocycles. The Bertz CT molecular complexity index is 680. The van der Waals surface area contributed by atoms with Crippen molar-refractivity contribution in [2.45, 2.75) is 6.54 Å². The zero-order chi connectivity index (χ0) is 15.2. The van der Waals surface area contributed by atoms with Crippen LogP contribution in [0.15, 0.2) is 48.5 Å². The fraction of sp³-hybridized carbons (Fsp3) is 0.125. The normalized spacial score (nSPS) is 9.90. The first-order chi connectivity index (χ1) is 10.1. The van der Waals surface area contributed by atoms with Gasteiger partial charge in [-0.1, -0.05) is 30.3 Å². The lowest BCUT2D eigenvalue weighted by Crippen LogP contribution is -2.31. The van der Waals surface area contributed by atoms with E-state index in [1.54, 1.807) is 0 Å². The van der Waals surface area contributed by atoms with Crippen LogP contribution in [0, 0.1) is 17.1 Å². The van der Waals surface area contributed by atoms with E-state index in [0.717, 1.165) is 11.6 Å². The highest BCUT2D eigenvalue weighted by Gasteiger charge is 2.18. The van der Waals surface area contributed by atoms with Crippen LogP contribution in [0.25, 0.3) is 0 Å². The summed E-state index contributed by atoms with van der Waals surface area (Å²) in [4.78, 5) is 13.8. The number of nitrogens with two attached hydrogens (primary N) is 1. The van der Waals surface area contributed by atoms with Gasteiger partial charge in [-0.25, -0.2) is 4.39 Å². The Morgan fingerprint density at radius 3 is 2.62 bits per heavy atom. The topological polar surface area (TPSA) is 70.1 Å². The van der Waals surface area contributed by atoms with Crippen molar-refractivity contribution in [3.63, 3.8) is 0 Å². The quantitative estimate of drug-likeness (QED) is 0.692. The number of rotatable bonds is 4. The zero-order valence-electron chi connectivity index (χ0n) is 11.3. The van der Waals surface area contributed by atoms with Gasteiger partial charge in [0.15, 0.2) is 0 Å². The van der Waals surface area contributed by atoms with E-state index in [-0.39, 0.29) is 24.3 Å². The zero-order valence-corrected chi connectivity index (χ0v) is 11.3. The van der Waals surface area contributed by atoms with E-state index in [4.69, 9.17) is 11.0 Å². The molecule has 1 amide bonds. The molecule has 0 aliphatic carbocycles. The van der Waals surface area contributed by atoms with Crippen molar-refractivity contribution in [3.8, 4) is 6.07 Å². The van der Waals surface area contributed by atoms with Crippen LogP contribution in [-0.4, -0.2) is 17.4 Å². The maximum atomic E-state index is 13.3. The Labute approximate surface area is 122 Å². The molecule has 0 aliphatic rings. The van der Waals surface area contributed by atoms with Crippen LogP contribution in [0.2, 0.25) is 0 Å². The van der Waals surface area contributed by atoms with Crippen LogP contribution >= 0.6 is 0 Å². The maximum absolute atomic E-state index is 13.3. The number of nitrogens with zero attached hydrogens (tertiary/aromatic N) is 2. The first kappa shape index (κ1) is 14.5. The minimum absolute atomic E-state index is 0.0705. The van der Waals surface area contributed by atoms with Gasteiger partial charge in [-0.15, -0.1) is 0 Å². The standard InChI is InChI=1S/C16H14FN3O/c17-13-6-7-15(19)14(10-13)16(21)20(9-8-18)11-12-4-2-1-3-5-12/h1-7,10H,9,11,19H2. The molecule has 5 heteroatoms. The van der Waals surface area contributed by atoms with E-state index in [2.05, 4.69) is 0 Å². The number of hydrogen-bond acceptors (Lipinski definition) is 3. The second kappa shape index (κ2) is 6.53. The van der Waals surface area contributed by atoms with E-state index >= 15 is 0 Å². The molecule has 0 radical (unpaired) electrons. The average Bonchev–Trinajstić information content (AvgIpc) is 2.49. The first-order valence-electron chi connectivity index (χ1n) is 6.37. The Balaban J connectivity index is 2.27. The van der Waals surface area contributed by atoms with Crippen molar-refractivity contribution in [2.24, 2.45) is 0 Å². The van der Waals surface area contributed by atoms with Crippen molar-refractivity contribution in [1.29, 1.82) is 5.26 Å². The molecule has 2 N–H and O–H groups in total. The molecule has 4 nitrogen and oxygen atoms in total. The van der Waals surface area contributed by atoms with Gasteiger partial charge in [-0.3, -0.25) is 4.79 Å². The van der Waals surface area contributed by atoms with Crippen molar-refractivity contribution in [1.82, 2.24) is 4.90 Å². The summed E-state index contributed by atoms with van der Waals surface area (Å²) in [5.74, 6) is -0.999. The minimum Gasteiger partial charge on any atom is -0.398 e. The third-order valence-electron chi connectivity index (χ3n) is 3.01. The lowest BCUT2D eigenvalue weighted by atomic mass is 10.1. The van der Waals surface area contributed by atoms with Crippen LogP contribution in [0.3, 0.4) is 0 Å². The van der Waals surface area contributed by atoms with E-state index in [1.807, 2.05) is 36.4 Å². The van der Waals surface area contributed by atoms with Gasteiger partial charge < -0.3 is 10.6 Å². The molecule has 0 saturated heterocycles. The second-order valence-corrected chi connectivity index (χ2v) is 4.54. The third-order valence-corrected chi connectivity index (χ3v) is 3.01. The van der Waals surface area contributed by atoms with Crippen molar-refractivity contribution in [2.75, 3.05) is 12.3 Å². The molecular weight excluding hydrogens is 269 g/mol. The van der Waals surface area contributed by atoms with E-state index < -0.39 is 11.7 Å². The fourth-order valence-corrected chi connectivity index (χ4v) is 1.97. The molecule has 0 heterocycles. The lowest BCUT2D eigenvalue weighted by Gasteiger charge is -2.20. The Kier molecular flexibility index (Phi) is 4.52. The number of halogens is 1. The number of nitrogen functional groups attached to an aromatic ring is 1. The molecule has 2 rings (SSSR count). The SMILES string of the molecule is N#CCN(Cc1ccccc1)C(=O)c1cc(F)ccc1N. The Morgan fingerprint density at radius 1 is 1.24 bits per heavy atom. The molecule has 0 bridgehead atoms. The van der Waals surface area contributed by atoms with Gasteiger partial charge in [0, 0.05) is 12.2 Å². The van der Waals surface area contributed by atoms with Crippen molar-refractivity contribution < 1.29 is 9.18 Å². The van der Waals surface area contributed by atoms with Crippen LogP contribution in [-0.2, 0) is 6.54 Å². The predicted octanol–water partition coefficient (Wildman–Crippen LogP) is 2.57. The van der Waals surface area contributed by atoms with Gasteiger partial charge in [-0.2, -0.15) is 5.26 Å². The summed E-state index contributed by atoms with van der Waals surface area (Å²) in [6, 6.07) is 14.8. The monoisotopic (exact) mass is 283 g/mol. The molecular formula is C16H14FN3O. The summed E-state index contributed by atoms with van der Waals surface area (Å²) in [6.07, 6.45) is 0. The smallest absolute Gasteiger partial charge is 0.257 e. The van der Waals surface area contributed by atoms with Crippen LogP contribution in [0.4, 0.5) is 10.1 Å². The molecule has 0 saturated carbocycles. The van der Waals surface area contributed by atoms with E-state index in [9.17, 15) is 9.18 Å². The van der Waals surface area contributed by atoms with Crippen LogP contribution in [0.5, 0.6) is 0 Å². The molecule has 0 aliphatic heterocycles. The number of anilines is 1. The highest BCUT2D eigenvalue weighted by atomic mass is 19.1. The van der Waals surface area contributed by atoms with Crippen molar-refractivity contribution in [3.05, 3.63) is 65.5 Å².